The Hall–Kier alpha value is -1.03. The van der Waals surface area contributed by atoms with E-state index in [0.717, 1.165) is 16.8 Å². The van der Waals surface area contributed by atoms with Gasteiger partial charge in [0.05, 0.1) is 0 Å². The van der Waals surface area contributed by atoms with Crippen LogP contribution in [0.5, 0.6) is 0 Å². The van der Waals surface area contributed by atoms with Crippen LogP contribution in [0.3, 0.4) is 0 Å². The van der Waals surface area contributed by atoms with E-state index in [1.807, 2.05) is 20.1 Å². The number of aromatic nitrogens is 2. The van der Waals surface area contributed by atoms with Gasteiger partial charge in [-0.2, -0.15) is 0 Å². The summed E-state index contributed by atoms with van der Waals surface area (Å²) in [6.45, 7) is 7.55. The Balaban J connectivity index is 3.18. The van der Waals surface area contributed by atoms with Crippen LogP contribution < -0.4 is 5.56 Å². The summed E-state index contributed by atoms with van der Waals surface area (Å²) in [7, 11) is 0. The molecule has 0 spiro atoms. The quantitative estimate of drug-likeness (QED) is 0.471. The van der Waals surface area contributed by atoms with Gasteiger partial charge >= 0.3 is 0 Å². The molecule has 0 bridgehead atoms. The molecule has 76 valence electrons. The third kappa shape index (κ3) is 2.48. The van der Waals surface area contributed by atoms with Crippen molar-refractivity contribution in [2.24, 2.45) is 0 Å². The number of aryl methyl sites for hydroxylation is 1. The molecule has 0 aliphatic carbocycles. The lowest BCUT2D eigenvalue weighted by molar-refractivity contribution is 0.865. The standard InChI is InChI=1S/C10H14N2OS/c1-6(2)5-8-7(3)11-10(14-4)12-9(8)13/h1,5H2,2-4H3,(H,11,12,13). The van der Waals surface area contributed by atoms with Crippen molar-refractivity contribution in [2.45, 2.75) is 25.4 Å². The van der Waals surface area contributed by atoms with E-state index in [-0.39, 0.29) is 5.56 Å². The van der Waals surface area contributed by atoms with E-state index < -0.39 is 0 Å². The molecule has 4 heteroatoms. The molecule has 0 saturated carbocycles. The molecule has 1 aromatic rings. The third-order valence-corrected chi connectivity index (χ3v) is 2.45. The molecule has 0 aliphatic rings. The lowest BCUT2D eigenvalue weighted by Gasteiger charge is -2.04. The second kappa shape index (κ2) is 4.46. The van der Waals surface area contributed by atoms with Crippen molar-refractivity contribution in [3.8, 4) is 0 Å². The van der Waals surface area contributed by atoms with Crippen LogP contribution in [-0.2, 0) is 6.42 Å². The molecule has 0 radical (unpaired) electrons. The first-order valence-corrected chi connectivity index (χ1v) is 5.55. The van der Waals surface area contributed by atoms with Crippen molar-refractivity contribution in [1.82, 2.24) is 9.97 Å². The van der Waals surface area contributed by atoms with E-state index in [0.29, 0.717) is 11.6 Å². The minimum absolute atomic E-state index is 0.0511. The first-order valence-electron chi connectivity index (χ1n) is 4.32. The van der Waals surface area contributed by atoms with Gasteiger partial charge in [0.1, 0.15) is 0 Å². The van der Waals surface area contributed by atoms with Gasteiger partial charge in [-0.1, -0.05) is 23.9 Å². The second-order valence-corrected chi connectivity index (χ2v) is 4.07. The summed E-state index contributed by atoms with van der Waals surface area (Å²) in [5.41, 5.74) is 2.43. The van der Waals surface area contributed by atoms with Gasteiger partial charge in [0.2, 0.25) is 0 Å². The normalized spacial score (nSPS) is 10.2. The van der Waals surface area contributed by atoms with Crippen LogP contribution in [0.25, 0.3) is 0 Å². The van der Waals surface area contributed by atoms with Gasteiger partial charge in [0.15, 0.2) is 5.16 Å². The summed E-state index contributed by atoms with van der Waals surface area (Å²) < 4.78 is 0. The van der Waals surface area contributed by atoms with Gasteiger partial charge in [0, 0.05) is 17.7 Å². The molecular weight excluding hydrogens is 196 g/mol. The summed E-state index contributed by atoms with van der Waals surface area (Å²) in [4.78, 5) is 18.6. The molecule has 0 saturated heterocycles. The smallest absolute Gasteiger partial charge is 0.255 e. The Labute approximate surface area is 87.7 Å². The van der Waals surface area contributed by atoms with E-state index in [2.05, 4.69) is 16.5 Å². The van der Waals surface area contributed by atoms with Gasteiger partial charge in [-0.3, -0.25) is 4.79 Å². The van der Waals surface area contributed by atoms with Crippen molar-refractivity contribution >= 4 is 11.8 Å². The molecule has 1 rings (SSSR count). The van der Waals surface area contributed by atoms with Crippen molar-refractivity contribution in [3.63, 3.8) is 0 Å². The Kier molecular flexibility index (Phi) is 3.52. The zero-order valence-electron chi connectivity index (χ0n) is 8.68. The minimum atomic E-state index is -0.0511. The molecule has 1 N–H and O–H groups in total. The first-order chi connectivity index (χ1) is 6.54. The van der Waals surface area contributed by atoms with Crippen LogP contribution >= 0.6 is 11.8 Å². The molecule has 0 aromatic carbocycles. The summed E-state index contributed by atoms with van der Waals surface area (Å²) in [5.74, 6) is 0. The topological polar surface area (TPSA) is 45.8 Å². The highest BCUT2D eigenvalue weighted by Gasteiger charge is 2.07. The molecule has 0 unspecified atom stereocenters. The predicted octanol–water partition coefficient (Wildman–Crippen LogP) is 1.92. The van der Waals surface area contributed by atoms with E-state index in [9.17, 15) is 4.79 Å². The van der Waals surface area contributed by atoms with Gasteiger partial charge in [-0.15, -0.1) is 0 Å². The van der Waals surface area contributed by atoms with Crippen LogP contribution in [0.1, 0.15) is 18.2 Å². The average molecular weight is 210 g/mol. The number of allylic oxidation sites excluding steroid dienone is 1. The fourth-order valence-electron chi connectivity index (χ4n) is 1.19. The fraction of sp³-hybridized carbons (Fsp3) is 0.400. The summed E-state index contributed by atoms with van der Waals surface area (Å²) in [5, 5.41) is 0.665. The maximum atomic E-state index is 11.6. The molecule has 1 heterocycles. The van der Waals surface area contributed by atoms with E-state index in [1.165, 1.54) is 11.8 Å². The van der Waals surface area contributed by atoms with Crippen molar-refractivity contribution in [2.75, 3.05) is 6.26 Å². The summed E-state index contributed by atoms with van der Waals surface area (Å²) in [6.07, 6.45) is 2.49. The molecule has 0 fully saturated rings. The van der Waals surface area contributed by atoms with E-state index >= 15 is 0 Å². The number of nitrogens with one attached hydrogen (secondary N) is 1. The number of H-pyrrole nitrogens is 1. The zero-order valence-corrected chi connectivity index (χ0v) is 9.49. The zero-order chi connectivity index (χ0) is 10.7. The maximum absolute atomic E-state index is 11.6. The number of aromatic amines is 1. The van der Waals surface area contributed by atoms with Crippen LogP contribution in [-0.4, -0.2) is 16.2 Å². The largest absolute Gasteiger partial charge is 0.301 e. The average Bonchev–Trinajstić information content (AvgIpc) is 2.10. The van der Waals surface area contributed by atoms with Gasteiger partial charge in [-0.25, -0.2) is 4.98 Å². The lowest BCUT2D eigenvalue weighted by atomic mass is 10.1. The van der Waals surface area contributed by atoms with Crippen LogP contribution in [0.4, 0.5) is 0 Å². The maximum Gasteiger partial charge on any atom is 0.255 e. The molecule has 3 nitrogen and oxygen atoms in total. The summed E-state index contributed by atoms with van der Waals surface area (Å²) >= 11 is 1.44. The van der Waals surface area contributed by atoms with Crippen LogP contribution in [0.15, 0.2) is 22.1 Å². The fourth-order valence-corrected chi connectivity index (χ4v) is 1.61. The number of thioether (sulfide) groups is 1. The second-order valence-electron chi connectivity index (χ2n) is 3.27. The lowest BCUT2D eigenvalue weighted by Crippen LogP contribution is -2.17. The Morgan fingerprint density at radius 1 is 1.64 bits per heavy atom. The highest BCUT2D eigenvalue weighted by Crippen LogP contribution is 2.10. The molecule has 0 atom stereocenters. The highest BCUT2D eigenvalue weighted by molar-refractivity contribution is 7.98. The highest BCUT2D eigenvalue weighted by atomic mass is 32.2. The Morgan fingerprint density at radius 3 is 2.71 bits per heavy atom. The van der Waals surface area contributed by atoms with Gasteiger partial charge in [0.25, 0.3) is 5.56 Å². The summed E-state index contributed by atoms with van der Waals surface area (Å²) in [6, 6.07) is 0. The number of nitrogens with zero attached hydrogens (tertiary/aromatic N) is 1. The van der Waals surface area contributed by atoms with Crippen LogP contribution in [0.2, 0.25) is 0 Å². The minimum Gasteiger partial charge on any atom is -0.301 e. The molecule has 14 heavy (non-hydrogen) atoms. The number of hydrogen-bond acceptors (Lipinski definition) is 3. The first kappa shape index (κ1) is 11.0. The molecule has 0 amide bonds. The van der Waals surface area contributed by atoms with Crippen molar-refractivity contribution < 1.29 is 0 Å². The van der Waals surface area contributed by atoms with Crippen molar-refractivity contribution in [1.29, 1.82) is 0 Å². The molecule has 0 aliphatic heterocycles. The number of hydrogen-bond donors (Lipinski definition) is 1. The van der Waals surface area contributed by atoms with Crippen LogP contribution in [0, 0.1) is 6.92 Å². The Bertz CT molecular complexity index is 409. The number of rotatable bonds is 3. The van der Waals surface area contributed by atoms with Gasteiger partial charge in [-0.05, 0) is 20.1 Å². The van der Waals surface area contributed by atoms with E-state index in [4.69, 9.17) is 0 Å². The van der Waals surface area contributed by atoms with Crippen molar-refractivity contribution in [3.05, 3.63) is 33.8 Å². The SMILES string of the molecule is C=C(C)Cc1c(C)nc(SC)[nH]c1=O. The molecule has 1 aromatic heterocycles. The monoisotopic (exact) mass is 210 g/mol. The van der Waals surface area contributed by atoms with E-state index in [1.54, 1.807) is 0 Å². The molecular formula is C10H14N2OS. The third-order valence-electron chi connectivity index (χ3n) is 1.87. The predicted molar refractivity (Wildman–Crippen MR) is 59.9 cm³/mol. The Morgan fingerprint density at radius 2 is 2.29 bits per heavy atom. The van der Waals surface area contributed by atoms with Gasteiger partial charge < -0.3 is 4.98 Å².